The van der Waals surface area contributed by atoms with E-state index < -0.39 is 0 Å². The van der Waals surface area contributed by atoms with Gasteiger partial charge in [-0.25, -0.2) is 9.97 Å². The van der Waals surface area contributed by atoms with Crippen molar-refractivity contribution < 1.29 is 4.74 Å². The summed E-state index contributed by atoms with van der Waals surface area (Å²) in [7, 11) is 2.10. The maximum atomic E-state index is 5.50. The Balaban J connectivity index is 1.61. The molecule has 1 unspecified atom stereocenters. The van der Waals surface area contributed by atoms with Crippen LogP contribution in [0.25, 0.3) is 0 Å². The van der Waals surface area contributed by atoms with Crippen LogP contribution in [0.1, 0.15) is 41.7 Å². The SMILES string of the molecule is Cc1cc(C)n(CCCN(C)c2cc(C3CCOC3)nc(C)n2)n1. The monoisotopic (exact) mass is 329 g/mol. The van der Waals surface area contributed by atoms with Gasteiger partial charge in [0.05, 0.1) is 18.0 Å². The molecule has 0 bridgehead atoms. The molecule has 2 aromatic rings. The van der Waals surface area contributed by atoms with E-state index in [0.717, 1.165) is 62.2 Å². The lowest BCUT2D eigenvalue weighted by atomic mass is 10.0. The Labute approximate surface area is 143 Å². The van der Waals surface area contributed by atoms with E-state index >= 15 is 0 Å². The van der Waals surface area contributed by atoms with Crippen molar-refractivity contribution >= 4 is 5.82 Å². The standard InChI is InChI=1S/C18H27N5O/c1-13-10-14(2)23(21-13)8-5-7-22(4)18-11-17(19-15(3)20-18)16-6-9-24-12-16/h10-11,16H,5-9,12H2,1-4H3. The summed E-state index contributed by atoms with van der Waals surface area (Å²) >= 11 is 0. The summed E-state index contributed by atoms with van der Waals surface area (Å²) in [5.41, 5.74) is 3.41. The molecule has 6 nitrogen and oxygen atoms in total. The predicted octanol–water partition coefficient (Wildman–Crippen LogP) is 2.63. The van der Waals surface area contributed by atoms with Gasteiger partial charge in [-0.15, -0.1) is 0 Å². The molecule has 0 aromatic carbocycles. The molecular formula is C18H27N5O. The van der Waals surface area contributed by atoms with Crippen LogP contribution >= 0.6 is 0 Å². The molecule has 0 spiro atoms. The lowest BCUT2D eigenvalue weighted by Gasteiger charge is -2.20. The third kappa shape index (κ3) is 3.93. The van der Waals surface area contributed by atoms with E-state index in [4.69, 9.17) is 4.74 Å². The van der Waals surface area contributed by atoms with Crippen molar-refractivity contribution in [2.45, 2.75) is 46.1 Å². The normalized spacial score (nSPS) is 17.4. The number of rotatable bonds is 6. The Hall–Kier alpha value is -1.95. The summed E-state index contributed by atoms with van der Waals surface area (Å²) in [6, 6.07) is 4.24. The molecule has 1 atom stereocenters. The number of hydrogen-bond donors (Lipinski definition) is 0. The average molecular weight is 329 g/mol. The van der Waals surface area contributed by atoms with Gasteiger partial charge in [-0.1, -0.05) is 0 Å². The van der Waals surface area contributed by atoms with Gasteiger partial charge in [-0.2, -0.15) is 5.10 Å². The quantitative estimate of drug-likeness (QED) is 0.815. The average Bonchev–Trinajstić information content (AvgIpc) is 3.17. The van der Waals surface area contributed by atoms with Crippen LogP contribution in [0.5, 0.6) is 0 Å². The maximum Gasteiger partial charge on any atom is 0.132 e. The van der Waals surface area contributed by atoms with Crippen molar-refractivity contribution in [2.24, 2.45) is 0 Å². The number of aryl methyl sites for hydroxylation is 4. The Morgan fingerprint density at radius 2 is 2.08 bits per heavy atom. The summed E-state index contributed by atoms with van der Waals surface area (Å²) in [6.45, 7) is 9.58. The first kappa shape index (κ1) is 16.9. The molecular weight excluding hydrogens is 302 g/mol. The van der Waals surface area contributed by atoms with Gasteiger partial charge in [0.1, 0.15) is 11.6 Å². The van der Waals surface area contributed by atoms with Crippen molar-refractivity contribution in [2.75, 3.05) is 31.7 Å². The zero-order chi connectivity index (χ0) is 17.1. The molecule has 1 aliphatic heterocycles. The van der Waals surface area contributed by atoms with Gasteiger partial charge in [0.25, 0.3) is 0 Å². The van der Waals surface area contributed by atoms with E-state index in [1.54, 1.807) is 0 Å². The molecule has 0 radical (unpaired) electrons. The molecule has 24 heavy (non-hydrogen) atoms. The number of anilines is 1. The van der Waals surface area contributed by atoms with Crippen LogP contribution in [-0.2, 0) is 11.3 Å². The van der Waals surface area contributed by atoms with E-state index in [1.807, 2.05) is 13.8 Å². The van der Waals surface area contributed by atoms with Gasteiger partial charge in [0.2, 0.25) is 0 Å². The minimum Gasteiger partial charge on any atom is -0.381 e. The summed E-state index contributed by atoms with van der Waals surface area (Å²) in [5, 5.41) is 4.52. The second-order valence-corrected chi connectivity index (χ2v) is 6.68. The largest absolute Gasteiger partial charge is 0.381 e. The van der Waals surface area contributed by atoms with Crippen molar-refractivity contribution in [3.8, 4) is 0 Å². The van der Waals surface area contributed by atoms with Crippen LogP contribution in [0.2, 0.25) is 0 Å². The second-order valence-electron chi connectivity index (χ2n) is 6.68. The summed E-state index contributed by atoms with van der Waals surface area (Å²) in [5.74, 6) is 2.24. The van der Waals surface area contributed by atoms with Crippen LogP contribution in [0.4, 0.5) is 5.82 Å². The topological polar surface area (TPSA) is 56.1 Å². The van der Waals surface area contributed by atoms with Crippen molar-refractivity contribution in [3.05, 3.63) is 35.0 Å². The van der Waals surface area contributed by atoms with E-state index in [-0.39, 0.29) is 0 Å². The fraction of sp³-hybridized carbons (Fsp3) is 0.611. The van der Waals surface area contributed by atoms with Crippen LogP contribution in [0, 0.1) is 20.8 Å². The van der Waals surface area contributed by atoms with Crippen LogP contribution in [0.15, 0.2) is 12.1 Å². The van der Waals surface area contributed by atoms with Crippen LogP contribution in [0.3, 0.4) is 0 Å². The highest BCUT2D eigenvalue weighted by atomic mass is 16.5. The Bertz CT molecular complexity index is 691. The molecule has 3 rings (SSSR count). The Morgan fingerprint density at radius 3 is 2.75 bits per heavy atom. The minimum atomic E-state index is 0.411. The second kappa shape index (κ2) is 7.30. The molecule has 0 saturated carbocycles. The number of ether oxygens (including phenoxy) is 1. The van der Waals surface area contributed by atoms with Crippen molar-refractivity contribution in [1.82, 2.24) is 19.7 Å². The third-order valence-corrected chi connectivity index (χ3v) is 4.55. The molecule has 1 fully saturated rings. The number of hydrogen-bond acceptors (Lipinski definition) is 5. The number of nitrogens with zero attached hydrogens (tertiary/aromatic N) is 5. The summed E-state index contributed by atoms with van der Waals surface area (Å²) in [4.78, 5) is 11.4. The highest BCUT2D eigenvalue weighted by Gasteiger charge is 2.20. The lowest BCUT2D eigenvalue weighted by molar-refractivity contribution is 0.193. The van der Waals surface area contributed by atoms with E-state index in [9.17, 15) is 0 Å². The van der Waals surface area contributed by atoms with Gasteiger partial charge < -0.3 is 9.64 Å². The van der Waals surface area contributed by atoms with E-state index in [1.165, 1.54) is 5.69 Å². The first-order valence-electron chi connectivity index (χ1n) is 8.68. The fourth-order valence-electron chi connectivity index (χ4n) is 3.22. The Kier molecular flexibility index (Phi) is 5.14. The molecule has 1 saturated heterocycles. The van der Waals surface area contributed by atoms with Gasteiger partial charge in [0, 0.05) is 44.4 Å². The molecule has 0 amide bonds. The zero-order valence-electron chi connectivity index (χ0n) is 15.1. The smallest absolute Gasteiger partial charge is 0.132 e. The zero-order valence-corrected chi connectivity index (χ0v) is 15.1. The highest BCUT2D eigenvalue weighted by Crippen LogP contribution is 2.25. The van der Waals surface area contributed by atoms with Gasteiger partial charge in [-0.05, 0) is 39.7 Å². The minimum absolute atomic E-state index is 0.411. The maximum absolute atomic E-state index is 5.50. The molecule has 0 N–H and O–H groups in total. The van der Waals surface area contributed by atoms with E-state index in [2.05, 4.69) is 50.8 Å². The highest BCUT2D eigenvalue weighted by molar-refractivity contribution is 5.39. The van der Waals surface area contributed by atoms with Gasteiger partial charge in [-0.3, -0.25) is 4.68 Å². The first-order valence-corrected chi connectivity index (χ1v) is 8.68. The van der Waals surface area contributed by atoms with Gasteiger partial charge >= 0.3 is 0 Å². The molecule has 1 aliphatic rings. The van der Waals surface area contributed by atoms with Crippen LogP contribution in [-0.4, -0.2) is 46.6 Å². The molecule has 130 valence electrons. The molecule has 0 aliphatic carbocycles. The fourth-order valence-corrected chi connectivity index (χ4v) is 3.22. The van der Waals surface area contributed by atoms with E-state index in [0.29, 0.717) is 5.92 Å². The van der Waals surface area contributed by atoms with Crippen molar-refractivity contribution in [1.29, 1.82) is 0 Å². The van der Waals surface area contributed by atoms with Crippen molar-refractivity contribution in [3.63, 3.8) is 0 Å². The molecule has 2 aromatic heterocycles. The predicted molar refractivity (Wildman–Crippen MR) is 94.5 cm³/mol. The third-order valence-electron chi connectivity index (χ3n) is 4.55. The number of aromatic nitrogens is 4. The summed E-state index contributed by atoms with van der Waals surface area (Å²) in [6.07, 6.45) is 2.08. The molecule has 6 heteroatoms. The van der Waals surface area contributed by atoms with Crippen LogP contribution < -0.4 is 4.90 Å². The Morgan fingerprint density at radius 1 is 1.25 bits per heavy atom. The summed E-state index contributed by atoms with van der Waals surface area (Å²) < 4.78 is 7.57. The lowest BCUT2D eigenvalue weighted by Crippen LogP contribution is -2.22. The first-order chi connectivity index (χ1) is 11.5. The molecule has 3 heterocycles. The van der Waals surface area contributed by atoms with Gasteiger partial charge in [0.15, 0.2) is 0 Å².